The van der Waals surface area contributed by atoms with Crippen LogP contribution in [0.4, 0.5) is 5.82 Å². The molecule has 1 amide bonds. The molecule has 0 radical (unpaired) electrons. The van der Waals surface area contributed by atoms with E-state index in [4.69, 9.17) is 0 Å². The van der Waals surface area contributed by atoms with Crippen LogP contribution in [0.5, 0.6) is 0 Å². The molecule has 4 aliphatic carbocycles. The Morgan fingerprint density at radius 2 is 1.69 bits per heavy atom. The van der Waals surface area contributed by atoms with Gasteiger partial charge in [0.15, 0.2) is 5.65 Å². The first-order valence-electron chi connectivity index (χ1n) is 13.2. The standard InChI is InChI=1S/C28H34N6O/c1-19-3-5-22(6-4-19)27-12-20-11-21(13-27)15-28(14-20,17-27)26(35)34-9-7-33(8-10-34)25-23-16-31-32(2)24(23)29-18-30-25/h3-6,16,18,20-21H,7-15,17H2,1-2H3. The number of fused-ring (bicyclic) bond motifs is 1. The molecule has 5 aliphatic rings. The van der Waals surface area contributed by atoms with E-state index in [0.717, 1.165) is 62.3 Å². The van der Waals surface area contributed by atoms with Gasteiger partial charge in [-0.2, -0.15) is 5.10 Å². The number of hydrogen-bond acceptors (Lipinski definition) is 5. The Labute approximate surface area is 206 Å². The van der Waals surface area contributed by atoms with Crippen molar-refractivity contribution in [3.8, 4) is 0 Å². The Balaban J connectivity index is 1.12. The average molecular weight is 471 g/mol. The molecule has 7 heteroatoms. The number of anilines is 1. The number of nitrogens with zero attached hydrogens (tertiary/aromatic N) is 6. The average Bonchev–Trinajstić information content (AvgIpc) is 3.24. The van der Waals surface area contributed by atoms with Crippen LogP contribution in [0.1, 0.15) is 49.7 Å². The fourth-order valence-electron chi connectivity index (χ4n) is 8.42. The highest BCUT2D eigenvalue weighted by atomic mass is 16.2. The SMILES string of the molecule is Cc1ccc(C23CC4CC(CC(C(=O)N5CCN(c6ncnc7c6cnn7C)CC5)(C4)C2)C3)cc1. The number of aryl methyl sites for hydroxylation is 2. The number of aromatic nitrogens is 4. The fourth-order valence-corrected chi connectivity index (χ4v) is 8.42. The first kappa shape index (κ1) is 21.3. The molecule has 5 fully saturated rings. The van der Waals surface area contributed by atoms with Gasteiger partial charge in [-0.3, -0.25) is 9.48 Å². The first-order valence-corrected chi connectivity index (χ1v) is 13.2. The van der Waals surface area contributed by atoms with E-state index >= 15 is 0 Å². The molecule has 0 N–H and O–H groups in total. The molecular weight excluding hydrogens is 436 g/mol. The summed E-state index contributed by atoms with van der Waals surface area (Å²) in [5.41, 5.74) is 3.67. The number of hydrogen-bond donors (Lipinski definition) is 0. The highest BCUT2D eigenvalue weighted by Crippen LogP contribution is 2.66. The molecule has 2 unspecified atom stereocenters. The Kier molecular flexibility index (Phi) is 4.58. The molecule has 35 heavy (non-hydrogen) atoms. The summed E-state index contributed by atoms with van der Waals surface area (Å²) in [7, 11) is 1.91. The molecular formula is C28H34N6O. The maximum atomic E-state index is 14.2. The summed E-state index contributed by atoms with van der Waals surface area (Å²) in [5.74, 6) is 2.76. The maximum absolute atomic E-state index is 14.2. The molecule has 2 atom stereocenters. The van der Waals surface area contributed by atoms with Crippen molar-refractivity contribution in [3.05, 3.63) is 47.9 Å². The number of carbonyl (C=O) groups excluding carboxylic acids is 1. The summed E-state index contributed by atoms with van der Waals surface area (Å²) in [6.45, 7) is 5.30. The van der Waals surface area contributed by atoms with E-state index in [0.29, 0.717) is 17.7 Å². The third-order valence-corrected chi connectivity index (χ3v) is 9.55. The summed E-state index contributed by atoms with van der Waals surface area (Å²) >= 11 is 0. The van der Waals surface area contributed by atoms with Gasteiger partial charge in [-0.15, -0.1) is 0 Å². The van der Waals surface area contributed by atoms with Gasteiger partial charge >= 0.3 is 0 Å². The Bertz CT molecular complexity index is 1270. The second kappa shape index (κ2) is 7.52. The summed E-state index contributed by atoms with van der Waals surface area (Å²) in [4.78, 5) is 27.6. The van der Waals surface area contributed by atoms with Crippen LogP contribution in [0.3, 0.4) is 0 Å². The molecule has 0 spiro atoms. The summed E-state index contributed by atoms with van der Waals surface area (Å²) in [6.07, 6.45) is 10.6. The van der Waals surface area contributed by atoms with Crippen molar-refractivity contribution < 1.29 is 4.79 Å². The molecule has 7 nitrogen and oxygen atoms in total. The first-order chi connectivity index (χ1) is 16.9. The van der Waals surface area contributed by atoms with Crippen LogP contribution in [0.15, 0.2) is 36.8 Å². The van der Waals surface area contributed by atoms with Crippen molar-refractivity contribution in [1.29, 1.82) is 0 Å². The molecule has 182 valence electrons. The largest absolute Gasteiger partial charge is 0.352 e. The van der Waals surface area contributed by atoms with Gasteiger partial charge in [-0.05, 0) is 68.3 Å². The zero-order valence-corrected chi connectivity index (χ0v) is 20.8. The Morgan fingerprint density at radius 1 is 0.971 bits per heavy atom. The smallest absolute Gasteiger partial charge is 0.228 e. The van der Waals surface area contributed by atoms with Gasteiger partial charge in [0.1, 0.15) is 12.1 Å². The van der Waals surface area contributed by atoms with Gasteiger partial charge in [-0.1, -0.05) is 29.8 Å². The normalized spacial score (nSPS) is 31.9. The number of carbonyl (C=O) groups is 1. The molecule has 4 saturated carbocycles. The van der Waals surface area contributed by atoms with Crippen molar-refractivity contribution in [3.63, 3.8) is 0 Å². The lowest BCUT2D eigenvalue weighted by Gasteiger charge is -2.62. The molecule has 1 aliphatic heterocycles. The minimum absolute atomic E-state index is 0.164. The quantitative estimate of drug-likeness (QED) is 0.582. The van der Waals surface area contributed by atoms with Crippen molar-refractivity contribution >= 4 is 22.8 Å². The van der Waals surface area contributed by atoms with Crippen LogP contribution in [0.25, 0.3) is 11.0 Å². The van der Waals surface area contributed by atoms with Crippen LogP contribution in [0.2, 0.25) is 0 Å². The van der Waals surface area contributed by atoms with E-state index in [1.807, 2.05) is 13.2 Å². The highest BCUT2D eigenvalue weighted by Gasteiger charge is 2.61. The van der Waals surface area contributed by atoms with E-state index in [1.165, 1.54) is 30.4 Å². The van der Waals surface area contributed by atoms with Crippen LogP contribution in [-0.4, -0.2) is 56.7 Å². The summed E-state index contributed by atoms with van der Waals surface area (Å²) < 4.78 is 1.79. The van der Waals surface area contributed by atoms with E-state index < -0.39 is 0 Å². The third-order valence-electron chi connectivity index (χ3n) is 9.55. The number of benzene rings is 1. The number of piperazine rings is 1. The lowest BCUT2D eigenvalue weighted by atomic mass is 9.42. The van der Waals surface area contributed by atoms with Gasteiger partial charge in [0, 0.05) is 33.2 Å². The van der Waals surface area contributed by atoms with Crippen LogP contribution >= 0.6 is 0 Å². The fraction of sp³-hybridized carbons (Fsp3) is 0.571. The third kappa shape index (κ3) is 3.23. The zero-order valence-electron chi connectivity index (χ0n) is 20.8. The second-order valence-electron chi connectivity index (χ2n) is 11.9. The number of rotatable bonds is 3. The summed E-state index contributed by atoms with van der Waals surface area (Å²) in [5, 5.41) is 5.34. The monoisotopic (exact) mass is 470 g/mol. The predicted octanol–water partition coefficient (Wildman–Crippen LogP) is 3.86. The summed E-state index contributed by atoms with van der Waals surface area (Å²) in [6, 6.07) is 9.21. The predicted molar refractivity (Wildman–Crippen MR) is 135 cm³/mol. The van der Waals surface area contributed by atoms with Gasteiger partial charge in [0.05, 0.1) is 17.0 Å². The van der Waals surface area contributed by atoms with Crippen LogP contribution in [-0.2, 0) is 17.3 Å². The Hall–Kier alpha value is -2.96. The molecule has 1 aromatic carbocycles. The van der Waals surface area contributed by atoms with E-state index in [9.17, 15) is 4.79 Å². The minimum atomic E-state index is -0.164. The van der Waals surface area contributed by atoms with E-state index in [-0.39, 0.29) is 10.8 Å². The van der Waals surface area contributed by atoms with Crippen molar-refractivity contribution in [2.45, 2.75) is 50.9 Å². The van der Waals surface area contributed by atoms with Crippen molar-refractivity contribution in [2.24, 2.45) is 24.3 Å². The highest BCUT2D eigenvalue weighted by molar-refractivity contribution is 5.87. The van der Waals surface area contributed by atoms with Crippen LogP contribution < -0.4 is 4.90 Å². The lowest BCUT2D eigenvalue weighted by Crippen LogP contribution is -2.61. The molecule has 8 rings (SSSR count). The molecule has 2 aromatic heterocycles. The van der Waals surface area contributed by atoms with Gasteiger partial charge < -0.3 is 9.80 Å². The van der Waals surface area contributed by atoms with Gasteiger partial charge in [0.25, 0.3) is 0 Å². The molecule has 3 heterocycles. The van der Waals surface area contributed by atoms with Crippen molar-refractivity contribution in [2.75, 3.05) is 31.1 Å². The molecule has 1 saturated heterocycles. The van der Waals surface area contributed by atoms with E-state index in [1.54, 1.807) is 11.0 Å². The Morgan fingerprint density at radius 3 is 2.40 bits per heavy atom. The maximum Gasteiger partial charge on any atom is 0.228 e. The molecule has 3 aromatic rings. The lowest BCUT2D eigenvalue weighted by molar-refractivity contribution is -0.160. The van der Waals surface area contributed by atoms with Crippen LogP contribution in [0, 0.1) is 24.2 Å². The molecule has 4 bridgehead atoms. The topological polar surface area (TPSA) is 67.2 Å². The zero-order chi connectivity index (χ0) is 23.8. The number of amides is 1. The minimum Gasteiger partial charge on any atom is -0.352 e. The van der Waals surface area contributed by atoms with Crippen molar-refractivity contribution in [1.82, 2.24) is 24.6 Å². The van der Waals surface area contributed by atoms with Gasteiger partial charge in [0.2, 0.25) is 5.91 Å². The van der Waals surface area contributed by atoms with E-state index in [2.05, 4.69) is 56.1 Å². The van der Waals surface area contributed by atoms with Gasteiger partial charge in [-0.25, -0.2) is 9.97 Å². The second-order valence-corrected chi connectivity index (χ2v) is 11.9.